The number of rotatable bonds is 10. The average Bonchev–Trinajstić information content (AvgIpc) is 3.32. The number of benzene rings is 2. The van der Waals surface area contributed by atoms with E-state index in [1.165, 1.54) is 12.2 Å². The van der Waals surface area contributed by atoms with Gasteiger partial charge in [0, 0.05) is 48.3 Å². The first kappa shape index (κ1) is 32.5. The van der Waals surface area contributed by atoms with E-state index in [0.29, 0.717) is 48.5 Å². The van der Waals surface area contributed by atoms with E-state index in [-0.39, 0.29) is 24.6 Å². The van der Waals surface area contributed by atoms with Crippen molar-refractivity contribution < 1.29 is 33.1 Å². The van der Waals surface area contributed by atoms with Crippen LogP contribution in [0.15, 0.2) is 59.6 Å². The van der Waals surface area contributed by atoms with Gasteiger partial charge in [-0.3, -0.25) is 11.4 Å². The second-order valence-electron chi connectivity index (χ2n) is 10.6. The van der Waals surface area contributed by atoms with Crippen LogP contribution in [-0.4, -0.2) is 48.0 Å². The fraction of sp³-hybridized carbons (Fsp3) is 0.324. The molecule has 44 heavy (non-hydrogen) atoms. The molecule has 0 amide bonds. The summed E-state index contributed by atoms with van der Waals surface area (Å²) < 4.78 is 12.2. The van der Waals surface area contributed by atoms with Crippen LogP contribution in [0.4, 0.5) is 17.2 Å². The van der Waals surface area contributed by atoms with Gasteiger partial charge in [-0.2, -0.15) is 6.08 Å². The zero-order valence-corrected chi connectivity index (χ0v) is 25.3. The van der Waals surface area contributed by atoms with Crippen LogP contribution in [-0.2, 0) is 4.79 Å². The number of aryl methyl sites for hydroxylation is 1. The van der Waals surface area contributed by atoms with Gasteiger partial charge in [0.1, 0.15) is 23.6 Å². The van der Waals surface area contributed by atoms with Crippen molar-refractivity contribution in [2.45, 2.75) is 39.5 Å². The third-order valence-electron chi connectivity index (χ3n) is 7.81. The summed E-state index contributed by atoms with van der Waals surface area (Å²) in [6.45, 7) is 11.7. The minimum Gasteiger partial charge on any atom is -0.577 e. The van der Waals surface area contributed by atoms with Crippen LogP contribution in [0.25, 0.3) is 16.3 Å². The molecule has 2 aliphatic heterocycles. The second kappa shape index (κ2) is 15.4. The SMILES string of the molecule is [CH-]=C/C(=C\[C-]=NC=[N-])Oc1ccc(Nc2ncnc3cc4c(cc23)N2CCCC(CCC(=O)C#CC)C(CO4)C2)cc1C.[Li+]. The molecular weight excluding hydrogens is 547 g/mol. The number of allylic oxidation sites excluding steroid dienone is 2. The topological polar surface area (TPSA) is 111 Å². The van der Waals surface area contributed by atoms with Crippen molar-refractivity contribution in [3.8, 4) is 23.3 Å². The number of aliphatic imine (C=N–C) groups is 1. The first-order chi connectivity index (χ1) is 21.0. The molecule has 1 aromatic heterocycles. The Labute approximate surface area is 270 Å². The number of nitrogens with one attached hydrogen (secondary N) is 1. The van der Waals surface area contributed by atoms with Crippen LogP contribution in [0.1, 0.15) is 38.2 Å². The number of anilines is 3. The summed E-state index contributed by atoms with van der Waals surface area (Å²) in [4.78, 5) is 27.1. The molecule has 1 saturated heterocycles. The average molecular weight is 581 g/mol. The van der Waals surface area contributed by atoms with Crippen LogP contribution < -0.4 is 38.6 Å². The quantitative estimate of drug-likeness (QED) is 0.0574. The van der Waals surface area contributed by atoms with Gasteiger partial charge in [-0.15, -0.1) is 6.08 Å². The third kappa shape index (κ3) is 7.77. The molecule has 220 valence electrons. The van der Waals surface area contributed by atoms with Crippen molar-refractivity contribution in [2.24, 2.45) is 16.8 Å². The molecule has 0 aliphatic carbocycles. The normalized spacial score (nSPS) is 17.6. The van der Waals surface area contributed by atoms with Crippen LogP contribution in [0.3, 0.4) is 0 Å². The molecule has 1 fully saturated rings. The standard InChI is InChI=1S/C34H33N6O3.Li/c1-4-7-27(41)11-9-24-8-6-15-40-19-25(24)20-42-33-18-30-29(17-31(33)40)34(38-22-37-30)39-26-10-12-32(23(3)16-26)43-28(5-2)13-14-36-21-35;/h2,5,10,12-13,16-18,21-22,24-25H,6,8-9,11,15,19-20H2,1,3H3,(H,37,38,39);/q-3;+1/b28-13+;. The molecule has 2 bridgehead atoms. The van der Waals surface area contributed by atoms with E-state index < -0.39 is 0 Å². The van der Waals surface area contributed by atoms with Gasteiger partial charge in [0.25, 0.3) is 0 Å². The van der Waals surface area contributed by atoms with E-state index in [0.717, 1.165) is 65.9 Å². The molecule has 1 N–H and O–H groups in total. The number of carbonyl (C=O) groups excluding carboxylic acids is 1. The molecule has 2 atom stereocenters. The van der Waals surface area contributed by atoms with E-state index in [4.69, 9.17) is 21.5 Å². The molecule has 0 radical (unpaired) electrons. The Balaban J connectivity index is 0.00000442. The summed E-state index contributed by atoms with van der Waals surface area (Å²) in [7, 11) is 0. The van der Waals surface area contributed by atoms with Crippen LogP contribution >= 0.6 is 0 Å². The Hall–Kier alpha value is -4.37. The first-order valence-electron chi connectivity index (χ1n) is 14.3. The molecule has 9 nitrogen and oxygen atoms in total. The largest absolute Gasteiger partial charge is 1.00 e. The summed E-state index contributed by atoms with van der Waals surface area (Å²) in [6, 6.07) is 9.81. The number of carbonyl (C=O) groups is 1. The second-order valence-corrected chi connectivity index (χ2v) is 10.6. The fourth-order valence-corrected chi connectivity index (χ4v) is 5.69. The minimum atomic E-state index is 0. The van der Waals surface area contributed by atoms with Crippen molar-refractivity contribution in [3.05, 3.63) is 72.1 Å². The predicted octanol–water partition coefficient (Wildman–Crippen LogP) is 3.08. The van der Waals surface area contributed by atoms with Gasteiger partial charge in [0.2, 0.25) is 5.78 Å². The van der Waals surface area contributed by atoms with Gasteiger partial charge >= 0.3 is 18.9 Å². The van der Waals surface area contributed by atoms with Gasteiger partial charge in [0.15, 0.2) is 0 Å². The molecule has 2 unspecified atom stereocenters. The Morgan fingerprint density at radius 2 is 2.20 bits per heavy atom. The monoisotopic (exact) mass is 580 g/mol. The maximum atomic E-state index is 12.1. The maximum Gasteiger partial charge on any atom is 1.00 e. The smallest absolute Gasteiger partial charge is 0.577 e. The number of ether oxygens (including phenoxy) is 2. The molecule has 2 aliphatic rings. The van der Waals surface area contributed by atoms with Crippen LogP contribution in [0, 0.1) is 37.2 Å². The number of ketones is 1. The third-order valence-corrected chi connectivity index (χ3v) is 7.81. The molecule has 0 saturated carbocycles. The van der Waals surface area contributed by atoms with Gasteiger partial charge in [-0.25, -0.2) is 22.5 Å². The van der Waals surface area contributed by atoms with E-state index in [2.05, 4.69) is 49.3 Å². The number of fused-ring (bicyclic) bond motifs is 5. The number of hydrogen-bond donors (Lipinski definition) is 1. The predicted molar refractivity (Wildman–Crippen MR) is 170 cm³/mol. The van der Waals surface area contributed by atoms with Crippen molar-refractivity contribution in [1.82, 2.24) is 9.97 Å². The number of nitrogens with zero attached hydrogens (tertiary/aromatic N) is 5. The van der Waals surface area contributed by atoms with Crippen molar-refractivity contribution in [3.63, 3.8) is 0 Å². The van der Waals surface area contributed by atoms with E-state index >= 15 is 0 Å². The molecule has 3 aromatic rings. The van der Waals surface area contributed by atoms with E-state index in [1.807, 2.05) is 31.2 Å². The molecule has 2 aromatic carbocycles. The van der Waals surface area contributed by atoms with Gasteiger partial charge in [-0.05, 0) is 74.8 Å². The summed E-state index contributed by atoms with van der Waals surface area (Å²) >= 11 is 0. The Morgan fingerprint density at radius 3 is 2.98 bits per heavy atom. The first-order valence-corrected chi connectivity index (χ1v) is 14.3. The van der Waals surface area contributed by atoms with Crippen molar-refractivity contribution >= 4 is 46.4 Å². The molecular formula is C34H33LiN6O3-2. The molecule has 10 heteroatoms. The van der Waals surface area contributed by atoms with Crippen LogP contribution in [0.2, 0.25) is 0 Å². The summed E-state index contributed by atoms with van der Waals surface area (Å²) in [5.74, 6) is 8.61. The number of hydrogen-bond acceptors (Lipinski definition) is 7. The summed E-state index contributed by atoms with van der Waals surface area (Å²) in [6.07, 6.45) is 10.9. The minimum absolute atomic E-state index is 0. The molecule has 3 heterocycles. The van der Waals surface area contributed by atoms with Crippen LogP contribution in [0.5, 0.6) is 11.5 Å². The molecule has 0 spiro atoms. The van der Waals surface area contributed by atoms with Crippen molar-refractivity contribution in [1.29, 1.82) is 0 Å². The van der Waals surface area contributed by atoms with Gasteiger partial charge in [-0.1, -0.05) is 5.92 Å². The van der Waals surface area contributed by atoms with Gasteiger partial charge in [0.05, 0.1) is 17.8 Å². The Kier molecular flexibility index (Phi) is 11.4. The Morgan fingerprint density at radius 1 is 1.34 bits per heavy atom. The number of aromatic nitrogens is 2. The van der Waals surface area contributed by atoms with E-state index in [1.54, 1.807) is 13.3 Å². The number of Topliss-reactive ketones (excluding diaryl/α,β-unsaturated/α-hetero) is 1. The Bertz CT molecular complexity index is 1660. The summed E-state index contributed by atoms with van der Waals surface area (Å²) in [5.41, 5.74) is 3.53. The maximum absolute atomic E-state index is 12.1. The fourth-order valence-electron chi connectivity index (χ4n) is 5.69. The van der Waals surface area contributed by atoms with Crippen molar-refractivity contribution in [2.75, 3.05) is 29.9 Å². The molecule has 5 rings (SSSR count). The van der Waals surface area contributed by atoms with Gasteiger partial charge < -0.3 is 30.1 Å². The zero-order valence-electron chi connectivity index (χ0n) is 25.3. The summed E-state index contributed by atoms with van der Waals surface area (Å²) in [5, 5.41) is 13.0. The van der Waals surface area contributed by atoms with E-state index in [9.17, 15) is 4.79 Å². The zero-order chi connectivity index (χ0) is 30.2.